The van der Waals surface area contributed by atoms with Gasteiger partial charge in [-0.05, 0) is 68.8 Å². The second-order valence-electron chi connectivity index (χ2n) is 8.52. The van der Waals surface area contributed by atoms with Gasteiger partial charge in [-0.1, -0.05) is 18.2 Å². The van der Waals surface area contributed by atoms with Crippen molar-refractivity contribution in [3.05, 3.63) is 83.8 Å². The highest BCUT2D eigenvalue weighted by Crippen LogP contribution is 2.24. The van der Waals surface area contributed by atoms with E-state index in [-0.39, 0.29) is 11.9 Å². The molecule has 1 fully saturated rings. The van der Waals surface area contributed by atoms with Gasteiger partial charge in [-0.3, -0.25) is 9.36 Å². The van der Waals surface area contributed by atoms with Gasteiger partial charge in [-0.25, -0.2) is 9.97 Å². The molecule has 0 saturated carbocycles. The zero-order chi connectivity index (χ0) is 22.2. The third kappa shape index (κ3) is 3.62. The van der Waals surface area contributed by atoms with Gasteiger partial charge in [0.1, 0.15) is 11.3 Å². The number of fused-ring (bicyclic) bond motifs is 1. The number of hydrogen-bond acceptors (Lipinski definition) is 4. The summed E-state index contributed by atoms with van der Waals surface area (Å²) >= 11 is 0. The van der Waals surface area contributed by atoms with Crippen LogP contribution in [0, 0.1) is 13.8 Å². The fourth-order valence-electron chi connectivity index (χ4n) is 4.63. The van der Waals surface area contributed by atoms with E-state index in [2.05, 4.69) is 53.0 Å². The molecule has 162 valence electrons. The summed E-state index contributed by atoms with van der Waals surface area (Å²) in [6.07, 6.45) is 1.77. The average molecular weight is 426 g/mol. The minimum Gasteiger partial charge on any atom is -0.365 e. The Morgan fingerprint density at radius 3 is 2.59 bits per heavy atom. The Labute approximate surface area is 188 Å². The van der Waals surface area contributed by atoms with Gasteiger partial charge in [0.05, 0.1) is 0 Å². The summed E-state index contributed by atoms with van der Waals surface area (Å²) in [4.78, 5) is 26.8. The first-order valence-electron chi connectivity index (χ1n) is 11.0. The van der Waals surface area contributed by atoms with Crippen LogP contribution in [-0.4, -0.2) is 51.0 Å². The van der Waals surface area contributed by atoms with Crippen LogP contribution in [-0.2, 0) is 0 Å². The van der Waals surface area contributed by atoms with E-state index in [4.69, 9.17) is 0 Å². The van der Waals surface area contributed by atoms with Crippen LogP contribution in [0.5, 0.6) is 0 Å². The highest BCUT2D eigenvalue weighted by Gasteiger charge is 2.27. The Kier molecular flexibility index (Phi) is 5.13. The Bertz CT molecular complexity index is 1290. The summed E-state index contributed by atoms with van der Waals surface area (Å²) in [5.74, 6) is 0.918. The van der Waals surface area contributed by atoms with E-state index in [0.29, 0.717) is 18.7 Å². The molecule has 6 heteroatoms. The summed E-state index contributed by atoms with van der Waals surface area (Å²) in [5, 5.41) is 0. The second kappa shape index (κ2) is 8.11. The number of hydrogen-bond donors (Lipinski definition) is 0. The van der Waals surface area contributed by atoms with Crippen LogP contribution in [0.25, 0.3) is 16.9 Å². The van der Waals surface area contributed by atoms with E-state index in [0.717, 1.165) is 29.2 Å². The quantitative estimate of drug-likeness (QED) is 0.489. The number of nitrogens with zero attached hydrogens (tertiary/aromatic N) is 5. The largest absolute Gasteiger partial charge is 0.365 e. The minimum absolute atomic E-state index is 0.0672. The van der Waals surface area contributed by atoms with Crippen LogP contribution >= 0.6 is 0 Å². The van der Waals surface area contributed by atoms with E-state index in [9.17, 15) is 4.79 Å². The van der Waals surface area contributed by atoms with E-state index >= 15 is 0 Å². The summed E-state index contributed by atoms with van der Waals surface area (Å²) in [6, 6.07) is 20.4. The van der Waals surface area contributed by atoms with Crippen molar-refractivity contribution in [2.75, 3.05) is 24.5 Å². The van der Waals surface area contributed by atoms with Gasteiger partial charge in [-0.2, -0.15) is 0 Å². The molecule has 0 aliphatic carbocycles. The number of benzene rings is 2. The molecule has 1 atom stereocenters. The van der Waals surface area contributed by atoms with Crippen LogP contribution < -0.4 is 4.90 Å². The van der Waals surface area contributed by atoms with Crippen LogP contribution in [0.3, 0.4) is 0 Å². The third-order valence-electron chi connectivity index (χ3n) is 6.18. The molecule has 1 amide bonds. The molecule has 0 radical (unpaired) electrons. The number of rotatable bonds is 3. The highest BCUT2D eigenvalue weighted by atomic mass is 16.2. The van der Waals surface area contributed by atoms with Gasteiger partial charge in [0.25, 0.3) is 5.91 Å². The lowest BCUT2D eigenvalue weighted by Crippen LogP contribution is -2.53. The van der Waals surface area contributed by atoms with E-state index < -0.39 is 0 Å². The summed E-state index contributed by atoms with van der Waals surface area (Å²) in [5.41, 5.74) is 5.72. The maximum Gasteiger partial charge on any atom is 0.254 e. The maximum atomic E-state index is 13.4. The molecule has 0 spiro atoms. The summed E-state index contributed by atoms with van der Waals surface area (Å²) in [6.45, 7) is 8.49. The average Bonchev–Trinajstić information content (AvgIpc) is 3.14. The van der Waals surface area contributed by atoms with Crippen molar-refractivity contribution in [2.45, 2.75) is 26.8 Å². The summed E-state index contributed by atoms with van der Waals surface area (Å²) in [7, 11) is 0. The predicted molar refractivity (Wildman–Crippen MR) is 127 cm³/mol. The molecule has 3 heterocycles. The first-order valence-corrected chi connectivity index (χ1v) is 11.0. The molecule has 5 rings (SSSR count). The molecule has 32 heavy (non-hydrogen) atoms. The molecule has 0 N–H and O–H groups in total. The van der Waals surface area contributed by atoms with Gasteiger partial charge in [-0.15, -0.1) is 0 Å². The van der Waals surface area contributed by atoms with E-state index in [1.807, 2.05) is 52.8 Å². The Balaban J connectivity index is 1.38. The number of pyridine rings is 1. The van der Waals surface area contributed by atoms with E-state index in [1.54, 1.807) is 6.20 Å². The predicted octanol–water partition coefficient (Wildman–Crippen LogP) is 4.39. The second-order valence-corrected chi connectivity index (χ2v) is 8.52. The normalized spacial score (nSPS) is 16.5. The highest BCUT2D eigenvalue weighted by molar-refractivity contribution is 5.95. The summed E-state index contributed by atoms with van der Waals surface area (Å²) < 4.78 is 2.00. The number of anilines is 1. The molecule has 1 saturated heterocycles. The molecule has 1 aliphatic rings. The van der Waals surface area contributed by atoms with Gasteiger partial charge in [0, 0.05) is 48.8 Å². The van der Waals surface area contributed by atoms with Crippen LogP contribution in [0.4, 0.5) is 5.69 Å². The van der Waals surface area contributed by atoms with E-state index in [1.165, 1.54) is 11.3 Å². The first kappa shape index (κ1) is 20.2. The molecule has 2 aromatic heterocycles. The molecule has 6 nitrogen and oxygen atoms in total. The van der Waals surface area contributed by atoms with Crippen molar-refractivity contribution in [1.29, 1.82) is 0 Å². The maximum absolute atomic E-state index is 13.4. The number of piperazine rings is 1. The molecule has 2 aromatic carbocycles. The lowest BCUT2D eigenvalue weighted by Gasteiger charge is -2.41. The number of amides is 1. The Hall–Kier alpha value is -3.67. The number of carbonyl (C=O) groups excluding carboxylic acids is 1. The number of aromatic nitrogens is 3. The van der Waals surface area contributed by atoms with Crippen molar-refractivity contribution < 1.29 is 4.79 Å². The number of carbonyl (C=O) groups is 1. The minimum atomic E-state index is 0.0672. The Morgan fingerprint density at radius 2 is 1.78 bits per heavy atom. The zero-order valence-electron chi connectivity index (χ0n) is 18.7. The fraction of sp³-hybridized carbons (Fsp3) is 0.269. The topological polar surface area (TPSA) is 54.3 Å². The van der Waals surface area contributed by atoms with Gasteiger partial charge in [0.15, 0.2) is 5.65 Å². The lowest BCUT2D eigenvalue weighted by atomic mass is 10.1. The number of aryl methyl sites for hydroxylation is 2. The lowest BCUT2D eigenvalue weighted by molar-refractivity contribution is 0.0726. The van der Waals surface area contributed by atoms with Crippen molar-refractivity contribution in [3.63, 3.8) is 0 Å². The third-order valence-corrected chi connectivity index (χ3v) is 6.18. The van der Waals surface area contributed by atoms with Gasteiger partial charge in [0.2, 0.25) is 0 Å². The molecular formula is C26H27N5O. The Morgan fingerprint density at radius 1 is 0.969 bits per heavy atom. The standard InChI is InChI=1S/C26H27N5O/c1-18-7-4-9-22(15-18)30-14-13-29(17-19(30)2)26(32)21-8-5-10-23(16-21)31-20(3)28-24-11-6-12-27-25(24)31/h4-12,15-16,19H,13-14,17H2,1-3H3/t19-/m0/s1. The van der Waals surface area contributed by atoms with Crippen LogP contribution in [0.1, 0.15) is 28.7 Å². The molecule has 0 unspecified atom stereocenters. The number of imidazole rings is 1. The molecule has 4 aromatic rings. The van der Waals surface area contributed by atoms with Crippen molar-refractivity contribution in [1.82, 2.24) is 19.4 Å². The monoisotopic (exact) mass is 425 g/mol. The fourth-order valence-corrected chi connectivity index (χ4v) is 4.63. The van der Waals surface area contributed by atoms with Crippen molar-refractivity contribution in [3.8, 4) is 5.69 Å². The molecule has 0 bridgehead atoms. The molecular weight excluding hydrogens is 398 g/mol. The van der Waals surface area contributed by atoms with Crippen molar-refractivity contribution in [2.24, 2.45) is 0 Å². The smallest absolute Gasteiger partial charge is 0.254 e. The van der Waals surface area contributed by atoms with Gasteiger partial charge < -0.3 is 9.80 Å². The van der Waals surface area contributed by atoms with Crippen molar-refractivity contribution >= 4 is 22.8 Å². The first-order chi connectivity index (χ1) is 15.5. The van der Waals surface area contributed by atoms with Gasteiger partial charge >= 0.3 is 0 Å². The SMILES string of the molecule is Cc1cccc(N2CCN(C(=O)c3cccc(-n4c(C)nc5cccnc54)c3)C[C@@H]2C)c1. The zero-order valence-corrected chi connectivity index (χ0v) is 18.7. The van der Waals surface area contributed by atoms with Crippen LogP contribution in [0.2, 0.25) is 0 Å². The molecule has 1 aliphatic heterocycles. The van der Waals surface area contributed by atoms with Crippen LogP contribution in [0.15, 0.2) is 66.9 Å².